The highest BCUT2D eigenvalue weighted by atomic mass is 32.1. The number of carbonyl (C=O) groups is 2. The summed E-state index contributed by atoms with van der Waals surface area (Å²) in [7, 11) is 1.29. The van der Waals surface area contributed by atoms with E-state index in [9.17, 15) is 9.59 Å². The quantitative estimate of drug-likeness (QED) is 0.560. The van der Waals surface area contributed by atoms with Crippen LogP contribution in [0.25, 0.3) is 10.2 Å². The van der Waals surface area contributed by atoms with E-state index in [1.54, 1.807) is 11.3 Å². The summed E-state index contributed by atoms with van der Waals surface area (Å²) in [5.74, 6) is 0.248. The second-order valence-electron chi connectivity index (χ2n) is 7.01. The van der Waals surface area contributed by atoms with Crippen LogP contribution < -0.4 is 10.1 Å². The van der Waals surface area contributed by atoms with Gasteiger partial charge in [-0.2, -0.15) is 0 Å². The Kier molecular flexibility index (Phi) is 6.48. The Balaban J connectivity index is 1.61. The SMILES string of the molecule is COC(=O)[C@H](CC(C)C)NC(=O)c1cc(COc2ccc3sc(C)nc3c2)on1. The fourth-order valence-corrected chi connectivity index (χ4v) is 3.62. The van der Waals surface area contributed by atoms with Gasteiger partial charge in [-0.1, -0.05) is 19.0 Å². The van der Waals surface area contributed by atoms with Crippen LogP contribution in [0.3, 0.4) is 0 Å². The average Bonchev–Trinajstić information content (AvgIpc) is 3.29. The van der Waals surface area contributed by atoms with Gasteiger partial charge in [-0.25, -0.2) is 9.78 Å². The average molecular weight is 417 g/mol. The second-order valence-corrected chi connectivity index (χ2v) is 8.24. The van der Waals surface area contributed by atoms with E-state index >= 15 is 0 Å². The summed E-state index contributed by atoms with van der Waals surface area (Å²) in [5.41, 5.74) is 0.952. The highest BCUT2D eigenvalue weighted by Crippen LogP contribution is 2.26. The highest BCUT2D eigenvalue weighted by Gasteiger charge is 2.24. The molecule has 3 rings (SSSR count). The Morgan fingerprint density at radius 1 is 1.28 bits per heavy atom. The number of esters is 1. The minimum atomic E-state index is -0.739. The molecule has 0 saturated carbocycles. The summed E-state index contributed by atoms with van der Waals surface area (Å²) < 4.78 is 16.7. The highest BCUT2D eigenvalue weighted by molar-refractivity contribution is 7.18. The molecule has 154 valence electrons. The largest absolute Gasteiger partial charge is 0.485 e. The van der Waals surface area contributed by atoms with E-state index in [1.807, 2.05) is 39.0 Å². The number of fused-ring (bicyclic) bond motifs is 1. The van der Waals surface area contributed by atoms with Crippen LogP contribution in [0, 0.1) is 12.8 Å². The normalized spacial score (nSPS) is 12.2. The molecule has 0 spiro atoms. The number of aromatic nitrogens is 2. The summed E-state index contributed by atoms with van der Waals surface area (Å²) in [6.45, 7) is 5.98. The van der Waals surface area contributed by atoms with E-state index in [2.05, 4.69) is 15.5 Å². The Bertz CT molecular complexity index is 1010. The van der Waals surface area contributed by atoms with Crippen LogP contribution in [0.4, 0.5) is 0 Å². The predicted molar refractivity (Wildman–Crippen MR) is 108 cm³/mol. The number of aryl methyl sites for hydroxylation is 1. The van der Waals surface area contributed by atoms with Crippen LogP contribution in [0.15, 0.2) is 28.8 Å². The number of methoxy groups -OCH3 is 1. The molecular weight excluding hydrogens is 394 g/mol. The molecule has 0 aliphatic carbocycles. The van der Waals surface area contributed by atoms with Gasteiger partial charge in [0.2, 0.25) is 0 Å². The van der Waals surface area contributed by atoms with E-state index in [0.717, 1.165) is 15.2 Å². The number of amides is 1. The van der Waals surface area contributed by atoms with Gasteiger partial charge in [0.05, 0.1) is 22.3 Å². The van der Waals surface area contributed by atoms with Gasteiger partial charge >= 0.3 is 5.97 Å². The lowest BCUT2D eigenvalue weighted by atomic mass is 10.0. The summed E-state index contributed by atoms with van der Waals surface area (Å²) in [5, 5.41) is 7.40. The van der Waals surface area contributed by atoms with E-state index in [0.29, 0.717) is 17.9 Å². The number of carbonyl (C=O) groups excluding carboxylic acids is 2. The van der Waals surface area contributed by atoms with Crippen molar-refractivity contribution < 1.29 is 23.6 Å². The molecule has 3 aromatic rings. The zero-order chi connectivity index (χ0) is 21.0. The third-order valence-electron chi connectivity index (χ3n) is 4.14. The molecule has 0 fully saturated rings. The minimum absolute atomic E-state index is 0.0758. The van der Waals surface area contributed by atoms with Crippen molar-refractivity contribution in [2.24, 2.45) is 5.92 Å². The van der Waals surface area contributed by atoms with Crippen molar-refractivity contribution in [3.8, 4) is 5.75 Å². The van der Waals surface area contributed by atoms with Gasteiger partial charge in [0.25, 0.3) is 5.91 Å². The molecule has 2 heterocycles. The van der Waals surface area contributed by atoms with Crippen LogP contribution in [-0.4, -0.2) is 35.2 Å². The number of benzene rings is 1. The number of rotatable bonds is 8. The van der Waals surface area contributed by atoms with Crippen molar-refractivity contribution in [2.45, 2.75) is 39.8 Å². The number of nitrogens with zero attached hydrogens (tertiary/aromatic N) is 2. The molecule has 0 radical (unpaired) electrons. The standard InChI is InChI=1S/C20H23N3O5S/c1-11(2)7-17(20(25)26-4)22-19(24)16-9-14(28-23-16)10-27-13-5-6-18-15(8-13)21-12(3)29-18/h5-6,8-9,11,17H,7,10H2,1-4H3,(H,22,24)/t17-/m0/s1. The zero-order valence-electron chi connectivity index (χ0n) is 16.7. The number of ether oxygens (including phenoxy) is 2. The molecule has 1 aromatic carbocycles. The maximum Gasteiger partial charge on any atom is 0.328 e. The van der Waals surface area contributed by atoms with Gasteiger partial charge in [0.1, 0.15) is 18.4 Å². The van der Waals surface area contributed by atoms with Crippen molar-refractivity contribution >= 4 is 33.4 Å². The van der Waals surface area contributed by atoms with Crippen LogP contribution in [0.1, 0.15) is 41.5 Å². The number of thiazole rings is 1. The third-order valence-corrected chi connectivity index (χ3v) is 5.09. The first-order valence-electron chi connectivity index (χ1n) is 9.20. The molecule has 8 nitrogen and oxygen atoms in total. The van der Waals surface area contributed by atoms with E-state index in [4.69, 9.17) is 14.0 Å². The first kappa shape index (κ1) is 20.8. The zero-order valence-corrected chi connectivity index (χ0v) is 17.5. The van der Waals surface area contributed by atoms with E-state index in [-0.39, 0.29) is 18.2 Å². The maximum absolute atomic E-state index is 12.4. The fraction of sp³-hybridized carbons (Fsp3) is 0.400. The molecule has 1 amide bonds. The predicted octanol–water partition coefficient (Wildman–Crippen LogP) is 3.49. The van der Waals surface area contributed by atoms with Crippen molar-refractivity contribution in [2.75, 3.05) is 7.11 Å². The second kappa shape index (κ2) is 9.04. The van der Waals surface area contributed by atoms with Gasteiger partial charge < -0.3 is 19.3 Å². The summed E-state index contributed by atoms with van der Waals surface area (Å²) in [6.07, 6.45) is 0.463. The van der Waals surface area contributed by atoms with Gasteiger partial charge in [-0.3, -0.25) is 4.79 Å². The van der Waals surface area contributed by atoms with Crippen molar-refractivity contribution in [1.82, 2.24) is 15.5 Å². The van der Waals surface area contributed by atoms with Crippen molar-refractivity contribution in [3.05, 3.63) is 40.7 Å². The molecule has 2 aromatic heterocycles. The first-order valence-corrected chi connectivity index (χ1v) is 10.0. The molecule has 0 unspecified atom stereocenters. The summed E-state index contributed by atoms with van der Waals surface area (Å²) >= 11 is 1.62. The molecule has 0 aliphatic rings. The Morgan fingerprint density at radius 2 is 2.07 bits per heavy atom. The summed E-state index contributed by atoms with van der Waals surface area (Å²) in [4.78, 5) is 28.7. The number of hydrogen-bond donors (Lipinski definition) is 1. The maximum atomic E-state index is 12.4. The van der Waals surface area contributed by atoms with Crippen LogP contribution in [-0.2, 0) is 16.1 Å². The third kappa shape index (κ3) is 5.32. The number of hydrogen-bond acceptors (Lipinski definition) is 8. The lowest BCUT2D eigenvalue weighted by Crippen LogP contribution is -2.42. The van der Waals surface area contributed by atoms with E-state index in [1.165, 1.54) is 13.2 Å². The topological polar surface area (TPSA) is 104 Å². The minimum Gasteiger partial charge on any atom is -0.485 e. The van der Waals surface area contributed by atoms with Gasteiger partial charge in [-0.05, 0) is 31.4 Å². The lowest BCUT2D eigenvalue weighted by molar-refractivity contribution is -0.143. The molecule has 0 bridgehead atoms. The molecule has 29 heavy (non-hydrogen) atoms. The van der Waals surface area contributed by atoms with Crippen molar-refractivity contribution in [1.29, 1.82) is 0 Å². The van der Waals surface area contributed by atoms with Crippen LogP contribution in [0.2, 0.25) is 0 Å². The van der Waals surface area contributed by atoms with Gasteiger partial charge in [-0.15, -0.1) is 11.3 Å². The van der Waals surface area contributed by atoms with E-state index < -0.39 is 17.9 Å². The Hall–Kier alpha value is -2.94. The Labute approximate surface area is 172 Å². The van der Waals surface area contributed by atoms with Crippen molar-refractivity contribution in [3.63, 3.8) is 0 Å². The monoisotopic (exact) mass is 417 g/mol. The molecule has 9 heteroatoms. The molecule has 0 aliphatic heterocycles. The fourth-order valence-electron chi connectivity index (χ4n) is 2.81. The van der Waals surface area contributed by atoms with Gasteiger partial charge in [0, 0.05) is 12.1 Å². The molecule has 0 saturated heterocycles. The summed E-state index contributed by atoms with van der Waals surface area (Å²) in [6, 6.07) is 6.42. The smallest absolute Gasteiger partial charge is 0.328 e. The number of nitrogens with one attached hydrogen (secondary N) is 1. The first-order chi connectivity index (χ1) is 13.9. The molecule has 1 N–H and O–H groups in total. The lowest BCUT2D eigenvalue weighted by Gasteiger charge is -2.17. The molecular formula is C20H23N3O5S. The van der Waals surface area contributed by atoms with Gasteiger partial charge in [0.15, 0.2) is 11.5 Å². The molecule has 1 atom stereocenters. The van der Waals surface area contributed by atoms with Crippen LogP contribution >= 0.6 is 11.3 Å². The Morgan fingerprint density at radius 3 is 2.79 bits per heavy atom. The van der Waals surface area contributed by atoms with Crippen LogP contribution in [0.5, 0.6) is 5.75 Å².